The number of aliphatic hydroxyl groups excluding tert-OH is 1. The Hall–Kier alpha value is -0.380. The van der Waals surface area contributed by atoms with Gasteiger partial charge in [0.25, 0.3) is 0 Å². The number of hydrogen-bond donors (Lipinski definition) is 1. The maximum atomic E-state index is 11.1. The Bertz CT molecular complexity index is 511. The van der Waals surface area contributed by atoms with Crippen molar-refractivity contribution in [2.24, 2.45) is 22.7 Å². The largest absolute Gasteiger partial charge is 0.392 e. The second kappa shape index (κ2) is 5.56. The van der Waals surface area contributed by atoms with E-state index in [0.29, 0.717) is 12.3 Å². The molecule has 24 heavy (non-hydrogen) atoms. The summed E-state index contributed by atoms with van der Waals surface area (Å²) in [5, 5.41) is 11.1. The van der Waals surface area contributed by atoms with Crippen molar-refractivity contribution in [2.75, 3.05) is 0 Å². The molecule has 0 bridgehead atoms. The van der Waals surface area contributed by atoms with Crippen LogP contribution in [0.2, 0.25) is 0 Å². The molecule has 6 atom stereocenters. The summed E-state index contributed by atoms with van der Waals surface area (Å²) in [5.41, 5.74) is -0.0969. The Morgan fingerprint density at radius 2 is 1.83 bits per heavy atom. The molecule has 1 saturated heterocycles. The van der Waals surface area contributed by atoms with Crippen molar-refractivity contribution in [3.8, 4) is 0 Å². The van der Waals surface area contributed by atoms with Crippen LogP contribution in [0.3, 0.4) is 0 Å². The fourth-order valence-electron chi connectivity index (χ4n) is 6.75. The molecule has 2 aliphatic carbocycles. The molecule has 0 amide bonds. The van der Waals surface area contributed by atoms with Crippen LogP contribution < -0.4 is 0 Å². The predicted octanol–water partition coefficient (Wildman–Crippen LogP) is 4.69. The van der Waals surface area contributed by atoms with Crippen LogP contribution in [-0.2, 0) is 9.47 Å². The highest BCUT2D eigenvalue weighted by Crippen LogP contribution is 2.66. The molecule has 3 heteroatoms. The average molecular weight is 337 g/mol. The third-order valence-corrected chi connectivity index (χ3v) is 7.38. The molecule has 1 heterocycles. The van der Waals surface area contributed by atoms with Crippen LogP contribution in [0.1, 0.15) is 73.6 Å². The van der Waals surface area contributed by atoms with Crippen molar-refractivity contribution in [3.63, 3.8) is 0 Å². The van der Waals surface area contributed by atoms with E-state index in [0.717, 1.165) is 12.8 Å². The molecule has 2 saturated carbocycles. The summed E-state index contributed by atoms with van der Waals surface area (Å²) >= 11 is 0. The van der Waals surface area contributed by atoms with Crippen LogP contribution in [0.15, 0.2) is 12.7 Å². The van der Waals surface area contributed by atoms with Gasteiger partial charge in [-0.3, -0.25) is 0 Å². The molecule has 3 aliphatic rings. The fourth-order valence-corrected chi connectivity index (χ4v) is 6.75. The van der Waals surface area contributed by atoms with Crippen molar-refractivity contribution in [1.29, 1.82) is 0 Å². The van der Waals surface area contributed by atoms with Crippen LogP contribution in [-0.4, -0.2) is 28.7 Å². The lowest BCUT2D eigenvalue weighted by Gasteiger charge is -2.63. The molecular formula is C21H36O3. The first-order chi connectivity index (χ1) is 11.0. The smallest absolute Gasteiger partial charge is 0.164 e. The molecule has 0 aromatic rings. The summed E-state index contributed by atoms with van der Waals surface area (Å²) in [6.07, 6.45) is 6.73. The van der Waals surface area contributed by atoms with Gasteiger partial charge in [0.05, 0.1) is 12.2 Å². The minimum absolute atomic E-state index is 0.0485. The lowest BCUT2D eigenvalue weighted by atomic mass is 9.44. The standard InChI is InChI=1S/C21H36O3/c1-8-10-14(22)17-20(6)12-9-11-18(2,3)15(20)13-16-21(17,7)24-19(4,5)23-16/h8,14-17,22H,1,9-13H2,2-7H3/t14-,15+,16-,17-,20+,21-/m1/s1. The van der Waals surface area contributed by atoms with Gasteiger partial charge >= 0.3 is 0 Å². The maximum Gasteiger partial charge on any atom is 0.164 e. The molecule has 1 N–H and O–H groups in total. The van der Waals surface area contributed by atoms with E-state index in [-0.39, 0.29) is 22.9 Å². The zero-order valence-corrected chi connectivity index (χ0v) is 16.4. The Morgan fingerprint density at radius 1 is 1.17 bits per heavy atom. The molecular weight excluding hydrogens is 300 g/mol. The summed E-state index contributed by atoms with van der Waals surface area (Å²) in [6, 6.07) is 0. The summed E-state index contributed by atoms with van der Waals surface area (Å²) in [5.74, 6) is 0.0198. The Morgan fingerprint density at radius 3 is 2.46 bits per heavy atom. The second-order valence-electron chi connectivity index (χ2n) is 10.00. The van der Waals surface area contributed by atoms with E-state index in [1.165, 1.54) is 12.8 Å². The van der Waals surface area contributed by atoms with Gasteiger partial charge in [0.1, 0.15) is 5.60 Å². The molecule has 0 aromatic heterocycles. The van der Waals surface area contributed by atoms with Gasteiger partial charge in [0.2, 0.25) is 0 Å². The van der Waals surface area contributed by atoms with Crippen molar-refractivity contribution < 1.29 is 14.6 Å². The van der Waals surface area contributed by atoms with Gasteiger partial charge in [-0.1, -0.05) is 33.3 Å². The highest BCUT2D eigenvalue weighted by Gasteiger charge is 2.68. The zero-order chi connectivity index (χ0) is 18.0. The van der Waals surface area contributed by atoms with E-state index >= 15 is 0 Å². The highest BCUT2D eigenvalue weighted by atomic mass is 16.8. The van der Waals surface area contributed by atoms with E-state index in [9.17, 15) is 5.11 Å². The van der Waals surface area contributed by atoms with Gasteiger partial charge in [-0.2, -0.15) is 0 Å². The van der Waals surface area contributed by atoms with Crippen molar-refractivity contribution >= 4 is 0 Å². The number of rotatable bonds is 3. The third-order valence-electron chi connectivity index (χ3n) is 7.38. The first-order valence-corrected chi connectivity index (χ1v) is 9.63. The van der Waals surface area contributed by atoms with Crippen LogP contribution in [0.25, 0.3) is 0 Å². The van der Waals surface area contributed by atoms with Crippen molar-refractivity contribution in [1.82, 2.24) is 0 Å². The third kappa shape index (κ3) is 2.59. The first-order valence-electron chi connectivity index (χ1n) is 9.63. The normalized spacial score (nSPS) is 47.5. The Labute approximate surface area is 147 Å². The highest BCUT2D eigenvalue weighted by molar-refractivity contribution is 5.15. The molecule has 1 aliphatic heterocycles. The lowest BCUT2D eigenvalue weighted by molar-refractivity contribution is -0.221. The molecule has 3 nitrogen and oxygen atoms in total. The quantitative estimate of drug-likeness (QED) is 0.760. The van der Waals surface area contributed by atoms with Crippen LogP contribution in [0.4, 0.5) is 0 Å². The summed E-state index contributed by atoms with van der Waals surface area (Å²) in [4.78, 5) is 0. The van der Waals surface area contributed by atoms with Crippen LogP contribution in [0, 0.1) is 22.7 Å². The van der Waals surface area contributed by atoms with Crippen molar-refractivity contribution in [2.45, 2.75) is 97.2 Å². The number of fused-ring (bicyclic) bond motifs is 2. The van der Waals surface area contributed by atoms with Gasteiger partial charge in [-0.15, -0.1) is 6.58 Å². The number of hydrogen-bond acceptors (Lipinski definition) is 3. The maximum absolute atomic E-state index is 11.1. The SMILES string of the molecule is C=CC[C@@H](O)[C@@H]1[C@@]2(C)CCCC(C)(C)[C@@H]2C[C@H]2OC(C)(C)O[C@@]12C. The van der Waals surface area contributed by atoms with Crippen LogP contribution >= 0.6 is 0 Å². The minimum Gasteiger partial charge on any atom is -0.392 e. The molecule has 138 valence electrons. The number of ether oxygens (including phenoxy) is 2. The summed E-state index contributed by atoms with van der Waals surface area (Å²) in [6.45, 7) is 17.2. The molecule has 0 radical (unpaired) electrons. The first kappa shape index (κ1) is 18.4. The topological polar surface area (TPSA) is 38.7 Å². The van der Waals surface area contributed by atoms with Gasteiger partial charge in [-0.05, 0) is 63.2 Å². The van der Waals surface area contributed by atoms with Crippen LogP contribution in [0.5, 0.6) is 0 Å². The average Bonchev–Trinajstić information content (AvgIpc) is 2.64. The van der Waals surface area contributed by atoms with E-state index < -0.39 is 17.5 Å². The molecule has 0 aromatic carbocycles. The summed E-state index contributed by atoms with van der Waals surface area (Å²) < 4.78 is 12.8. The predicted molar refractivity (Wildman–Crippen MR) is 96.6 cm³/mol. The minimum atomic E-state index is -0.584. The fraction of sp³-hybridized carbons (Fsp3) is 0.905. The van der Waals surface area contributed by atoms with Gasteiger partial charge in [-0.25, -0.2) is 0 Å². The van der Waals surface area contributed by atoms with Crippen molar-refractivity contribution in [3.05, 3.63) is 12.7 Å². The summed E-state index contributed by atoms with van der Waals surface area (Å²) in [7, 11) is 0. The van der Waals surface area contributed by atoms with Gasteiger partial charge in [0, 0.05) is 5.92 Å². The van der Waals surface area contributed by atoms with E-state index in [1.807, 2.05) is 19.9 Å². The van der Waals surface area contributed by atoms with E-state index in [4.69, 9.17) is 9.47 Å². The van der Waals surface area contributed by atoms with Gasteiger partial charge in [0.15, 0.2) is 5.79 Å². The monoisotopic (exact) mass is 336 g/mol. The van der Waals surface area contributed by atoms with Gasteiger partial charge < -0.3 is 14.6 Å². The molecule has 0 unspecified atom stereocenters. The lowest BCUT2D eigenvalue weighted by Crippen LogP contribution is -2.65. The number of aliphatic hydroxyl groups is 1. The van der Waals surface area contributed by atoms with E-state index in [2.05, 4.69) is 34.3 Å². The Kier molecular flexibility index (Phi) is 4.26. The molecule has 0 spiro atoms. The zero-order valence-electron chi connectivity index (χ0n) is 16.4. The molecule has 3 rings (SSSR count). The second-order valence-corrected chi connectivity index (χ2v) is 10.00. The van der Waals surface area contributed by atoms with E-state index in [1.54, 1.807) is 0 Å². The molecule has 3 fully saturated rings. The Balaban J connectivity index is 2.09.